The SMILES string of the molecule is CC(C)CCCCCOC(=O)CCCCCCCCC(C)C(C)C(=O)OCCCCCC(C)C. The van der Waals surface area contributed by atoms with E-state index in [4.69, 9.17) is 9.47 Å². The van der Waals surface area contributed by atoms with Crippen molar-refractivity contribution in [1.82, 2.24) is 0 Å². The zero-order chi connectivity index (χ0) is 25.6. The molecule has 0 radical (unpaired) electrons. The predicted octanol–water partition coefficient (Wildman–Crippen LogP) is 8.90. The highest BCUT2D eigenvalue weighted by Crippen LogP contribution is 2.21. The van der Waals surface area contributed by atoms with Crippen molar-refractivity contribution in [2.75, 3.05) is 13.2 Å². The lowest BCUT2D eigenvalue weighted by Crippen LogP contribution is -2.22. The fraction of sp³-hybridized carbons (Fsp3) is 0.933. The molecule has 0 spiro atoms. The molecule has 0 saturated carbocycles. The van der Waals surface area contributed by atoms with Crippen LogP contribution in [0, 0.1) is 23.7 Å². The molecule has 0 aromatic rings. The third kappa shape index (κ3) is 21.5. The highest BCUT2D eigenvalue weighted by Gasteiger charge is 2.21. The largest absolute Gasteiger partial charge is 0.466 e. The first kappa shape index (κ1) is 32.9. The zero-order valence-electron chi connectivity index (χ0n) is 23.7. The van der Waals surface area contributed by atoms with Gasteiger partial charge in [-0.3, -0.25) is 9.59 Å². The number of esters is 2. The van der Waals surface area contributed by atoms with Crippen LogP contribution in [-0.4, -0.2) is 25.2 Å². The topological polar surface area (TPSA) is 52.6 Å². The lowest BCUT2D eigenvalue weighted by Gasteiger charge is -2.18. The van der Waals surface area contributed by atoms with Crippen LogP contribution in [0.4, 0.5) is 0 Å². The lowest BCUT2D eigenvalue weighted by atomic mass is 9.90. The van der Waals surface area contributed by atoms with Crippen molar-refractivity contribution in [1.29, 1.82) is 0 Å². The van der Waals surface area contributed by atoms with E-state index in [0.717, 1.165) is 63.2 Å². The van der Waals surface area contributed by atoms with E-state index in [1.807, 2.05) is 6.92 Å². The van der Waals surface area contributed by atoms with Crippen LogP contribution in [0.5, 0.6) is 0 Å². The molecular formula is C30H58O4. The highest BCUT2D eigenvalue weighted by atomic mass is 16.5. The van der Waals surface area contributed by atoms with Crippen molar-refractivity contribution >= 4 is 11.9 Å². The third-order valence-electron chi connectivity index (χ3n) is 6.87. The van der Waals surface area contributed by atoms with E-state index >= 15 is 0 Å². The predicted molar refractivity (Wildman–Crippen MR) is 144 cm³/mol. The second-order valence-electron chi connectivity index (χ2n) is 11.3. The lowest BCUT2D eigenvalue weighted by molar-refractivity contribution is -0.150. The van der Waals surface area contributed by atoms with Crippen LogP contribution in [0.25, 0.3) is 0 Å². The van der Waals surface area contributed by atoms with Crippen molar-refractivity contribution in [2.24, 2.45) is 23.7 Å². The van der Waals surface area contributed by atoms with Crippen LogP contribution in [-0.2, 0) is 19.1 Å². The Kier molecular flexibility index (Phi) is 21.7. The van der Waals surface area contributed by atoms with Gasteiger partial charge in [-0.05, 0) is 43.4 Å². The smallest absolute Gasteiger partial charge is 0.308 e. The summed E-state index contributed by atoms with van der Waals surface area (Å²) in [4.78, 5) is 24.1. The molecule has 0 aromatic heterocycles. The van der Waals surface area contributed by atoms with E-state index in [9.17, 15) is 9.59 Å². The molecule has 0 aromatic carbocycles. The second kappa shape index (κ2) is 22.4. The summed E-state index contributed by atoms with van der Waals surface area (Å²) in [5.41, 5.74) is 0. The quantitative estimate of drug-likeness (QED) is 0.108. The Balaban J connectivity index is 3.55. The van der Waals surface area contributed by atoms with Gasteiger partial charge in [-0.25, -0.2) is 0 Å². The fourth-order valence-corrected chi connectivity index (χ4v) is 4.15. The maximum atomic E-state index is 12.3. The van der Waals surface area contributed by atoms with Crippen LogP contribution < -0.4 is 0 Å². The minimum absolute atomic E-state index is 0.0168. The summed E-state index contributed by atoms with van der Waals surface area (Å²) in [7, 11) is 0. The van der Waals surface area contributed by atoms with Gasteiger partial charge in [0.05, 0.1) is 19.1 Å². The standard InChI is InChI=1S/C30H58O4/c1-25(2)19-13-11-17-23-33-29(31)22-16-10-8-7-9-15-21-27(5)28(6)30(32)34-24-18-12-14-20-26(3)4/h25-28H,7-24H2,1-6H3. The number of ether oxygens (including phenoxy) is 2. The molecule has 0 bridgehead atoms. The van der Waals surface area contributed by atoms with Gasteiger partial charge in [0, 0.05) is 6.42 Å². The van der Waals surface area contributed by atoms with Crippen molar-refractivity contribution < 1.29 is 19.1 Å². The maximum absolute atomic E-state index is 12.3. The Labute approximate surface area is 212 Å². The van der Waals surface area contributed by atoms with Gasteiger partial charge in [-0.1, -0.05) is 112 Å². The Morgan fingerprint density at radius 3 is 1.53 bits per heavy atom. The van der Waals surface area contributed by atoms with Gasteiger partial charge in [0.25, 0.3) is 0 Å². The van der Waals surface area contributed by atoms with E-state index < -0.39 is 0 Å². The number of carbonyl (C=O) groups excluding carboxylic acids is 2. The maximum Gasteiger partial charge on any atom is 0.308 e. The molecule has 202 valence electrons. The molecule has 2 unspecified atom stereocenters. The molecule has 0 aliphatic heterocycles. The van der Waals surface area contributed by atoms with Crippen molar-refractivity contribution in [3.05, 3.63) is 0 Å². The number of hydrogen-bond donors (Lipinski definition) is 0. The molecule has 4 heteroatoms. The van der Waals surface area contributed by atoms with Gasteiger partial charge in [0.1, 0.15) is 0 Å². The molecule has 0 aliphatic carbocycles. The average molecular weight is 483 g/mol. The minimum atomic E-state index is -0.0332. The normalized spacial score (nSPS) is 13.3. The molecular weight excluding hydrogens is 424 g/mol. The molecule has 0 fully saturated rings. The summed E-state index contributed by atoms with van der Waals surface area (Å²) in [5, 5.41) is 0. The summed E-state index contributed by atoms with van der Waals surface area (Å²) < 4.78 is 10.8. The van der Waals surface area contributed by atoms with Crippen LogP contribution in [0.15, 0.2) is 0 Å². The minimum Gasteiger partial charge on any atom is -0.466 e. The van der Waals surface area contributed by atoms with Gasteiger partial charge < -0.3 is 9.47 Å². The molecule has 0 N–H and O–H groups in total. The second-order valence-corrected chi connectivity index (χ2v) is 11.3. The van der Waals surface area contributed by atoms with Gasteiger partial charge in [-0.2, -0.15) is 0 Å². The van der Waals surface area contributed by atoms with E-state index in [0.29, 0.717) is 25.6 Å². The fourth-order valence-electron chi connectivity index (χ4n) is 4.15. The summed E-state index contributed by atoms with van der Waals surface area (Å²) >= 11 is 0. The molecule has 2 atom stereocenters. The number of unbranched alkanes of at least 4 members (excludes halogenated alkanes) is 9. The number of rotatable bonds is 23. The van der Waals surface area contributed by atoms with E-state index in [-0.39, 0.29) is 17.9 Å². The molecule has 0 amide bonds. The summed E-state index contributed by atoms with van der Waals surface area (Å²) in [6.45, 7) is 14.3. The molecule has 0 rings (SSSR count). The average Bonchev–Trinajstić information content (AvgIpc) is 2.78. The number of hydrogen-bond acceptors (Lipinski definition) is 4. The summed E-state index contributed by atoms with van der Waals surface area (Å²) in [6, 6.07) is 0. The van der Waals surface area contributed by atoms with Crippen LogP contribution in [0.2, 0.25) is 0 Å². The monoisotopic (exact) mass is 482 g/mol. The van der Waals surface area contributed by atoms with Crippen LogP contribution >= 0.6 is 0 Å². The van der Waals surface area contributed by atoms with Crippen molar-refractivity contribution in [3.8, 4) is 0 Å². The number of carbonyl (C=O) groups is 2. The molecule has 0 saturated heterocycles. The molecule has 0 heterocycles. The Morgan fingerprint density at radius 1 is 0.529 bits per heavy atom. The Bertz CT molecular complexity index is 486. The first-order valence-corrected chi connectivity index (χ1v) is 14.6. The van der Waals surface area contributed by atoms with Crippen LogP contribution in [0.1, 0.15) is 144 Å². The van der Waals surface area contributed by atoms with Gasteiger partial charge in [-0.15, -0.1) is 0 Å². The van der Waals surface area contributed by atoms with E-state index in [2.05, 4.69) is 34.6 Å². The third-order valence-corrected chi connectivity index (χ3v) is 6.87. The molecule has 0 aliphatic rings. The van der Waals surface area contributed by atoms with Gasteiger partial charge in [0.15, 0.2) is 0 Å². The summed E-state index contributed by atoms with van der Waals surface area (Å²) in [6.07, 6.45) is 17.6. The van der Waals surface area contributed by atoms with E-state index in [1.54, 1.807) is 0 Å². The van der Waals surface area contributed by atoms with Crippen LogP contribution in [0.3, 0.4) is 0 Å². The van der Waals surface area contributed by atoms with Crippen molar-refractivity contribution in [3.63, 3.8) is 0 Å². The summed E-state index contributed by atoms with van der Waals surface area (Å²) in [5.74, 6) is 1.81. The Morgan fingerprint density at radius 2 is 0.971 bits per heavy atom. The van der Waals surface area contributed by atoms with E-state index in [1.165, 1.54) is 44.9 Å². The first-order valence-electron chi connectivity index (χ1n) is 14.6. The molecule has 4 nitrogen and oxygen atoms in total. The first-order chi connectivity index (χ1) is 16.2. The molecule has 34 heavy (non-hydrogen) atoms. The Hall–Kier alpha value is -1.06. The van der Waals surface area contributed by atoms with Gasteiger partial charge >= 0.3 is 11.9 Å². The zero-order valence-corrected chi connectivity index (χ0v) is 23.7. The van der Waals surface area contributed by atoms with Crippen molar-refractivity contribution in [2.45, 2.75) is 144 Å². The highest BCUT2D eigenvalue weighted by molar-refractivity contribution is 5.72. The van der Waals surface area contributed by atoms with Gasteiger partial charge in [0.2, 0.25) is 0 Å².